The fourth-order valence-corrected chi connectivity index (χ4v) is 2.35. The highest BCUT2D eigenvalue weighted by atomic mass is 32.2. The van der Waals surface area contributed by atoms with E-state index in [0.29, 0.717) is 0 Å². The number of rotatable bonds is 6. The average Bonchev–Trinajstić information content (AvgIpc) is 2.62. The lowest BCUT2D eigenvalue weighted by Crippen LogP contribution is -2.03. The summed E-state index contributed by atoms with van der Waals surface area (Å²) in [4.78, 5) is 10.3. The molecule has 1 atom stereocenters. The van der Waals surface area contributed by atoms with Crippen LogP contribution in [0.1, 0.15) is 91.9 Å². The zero-order valence-corrected chi connectivity index (χ0v) is 17.2. The maximum Gasteiger partial charge on any atom is 0.309 e. The van der Waals surface area contributed by atoms with Crippen LogP contribution in [0.5, 0.6) is 0 Å². The molecule has 5 nitrogen and oxygen atoms in total. The SMILES string of the molecule is C1CCCCC1.C=NS/N=C(/C)OC(C)=O.CCCCCC(C)C#N. The van der Waals surface area contributed by atoms with E-state index in [9.17, 15) is 4.79 Å². The third kappa shape index (κ3) is 25.0. The lowest BCUT2D eigenvalue weighted by atomic mass is 10.0. The number of nitrogens with zero attached hydrogens (tertiary/aromatic N) is 3. The number of hydrogen-bond donors (Lipinski definition) is 0. The second-order valence-corrected chi connectivity index (χ2v) is 6.67. The summed E-state index contributed by atoms with van der Waals surface area (Å²) in [5, 5.41) is 8.38. The van der Waals surface area contributed by atoms with Gasteiger partial charge in [0, 0.05) is 26.5 Å². The van der Waals surface area contributed by atoms with Crippen molar-refractivity contribution in [2.75, 3.05) is 0 Å². The number of esters is 1. The van der Waals surface area contributed by atoms with Gasteiger partial charge in [-0.3, -0.25) is 4.79 Å². The van der Waals surface area contributed by atoms with Crippen molar-refractivity contribution in [1.29, 1.82) is 5.26 Å². The lowest BCUT2D eigenvalue weighted by molar-refractivity contribution is -0.133. The third-order valence-corrected chi connectivity index (χ3v) is 3.93. The highest BCUT2D eigenvalue weighted by Gasteiger charge is 1.97. The van der Waals surface area contributed by atoms with E-state index in [1.165, 1.54) is 64.7 Å². The zero-order valence-electron chi connectivity index (χ0n) is 16.4. The molecule has 0 aliphatic heterocycles. The van der Waals surface area contributed by atoms with Crippen molar-refractivity contribution in [1.82, 2.24) is 0 Å². The molecule has 0 aromatic carbocycles. The van der Waals surface area contributed by atoms with Gasteiger partial charge in [0.1, 0.15) is 12.1 Å². The molecule has 0 spiro atoms. The Balaban J connectivity index is 0. The normalized spacial score (nSPS) is 14.6. The molecule has 1 fully saturated rings. The van der Waals surface area contributed by atoms with Crippen LogP contribution in [-0.2, 0) is 9.53 Å². The molecule has 1 aliphatic rings. The summed E-state index contributed by atoms with van der Waals surface area (Å²) < 4.78 is 11.6. The molecule has 0 radical (unpaired) electrons. The van der Waals surface area contributed by atoms with E-state index in [2.05, 4.69) is 33.2 Å². The average molecular weight is 370 g/mol. The topological polar surface area (TPSA) is 74.8 Å². The number of hydrogen-bond acceptors (Lipinski definition) is 6. The van der Waals surface area contributed by atoms with Crippen LogP contribution in [0, 0.1) is 17.2 Å². The summed E-state index contributed by atoms with van der Waals surface area (Å²) >= 11 is 0.883. The van der Waals surface area contributed by atoms with Gasteiger partial charge in [0.15, 0.2) is 0 Å². The molecule has 0 heterocycles. The zero-order chi connectivity index (χ0) is 19.3. The van der Waals surface area contributed by atoms with E-state index in [4.69, 9.17) is 5.26 Å². The van der Waals surface area contributed by atoms with Crippen molar-refractivity contribution in [2.24, 2.45) is 14.7 Å². The Labute approximate surface area is 158 Å². The molecule has 0 amide bonds. The van der Waals surface area contributed by atoms with E-state index in [1.54, 1.807) is 6.92 Å². The van der Waals surface area contributed by atoms with E-state index in [-0.39, 0.29) is 17.8 Å². The molecule has 6 heteroatoms. The van der Waals surface area contributed by atoms with Gasteiger partial charge >= 0.3 is 5.97 Å². The van der Waals surface area contributed by atoms with Crippen LogP contribution >= 0.6 is 12.1 Å². The van der Waals surface area contributed by atoms with Crippen LogP contribution in [0.2, 0.25) is 0 Å². The van der Waals surface area contributed by atoms with Gasteiger partial charge in [0.2, 0.25) is 5.90 Å². The largest absolute Gasteiger partial charge is 0.411 e. The highest BCUT2D eigenvalue weighted by Crippen LogP contribution is 2.15. The van der Waals surface area contributed by atoms with Crippen LogP contribution in [0.3, 0.4) is 0 Å². The number of ether oxygens (including phenoxy) is 1. The van der Waals surface area contributed by atoms with Crippen molar-refractivity contribution in [3.63, 3.8) is 0 Å². The Kier molecular flexibility index (Phi) is 21.4. The minimum absolute atomic E-state index is 0.261. The minimum Gasteiger partial charge on any atom is -0.411 e. The fraction of sp³-hybridized carbons (Fsp3) is 0.789. The summed E-state index contributed by atoms with van der Waals surface area (Å²) in [6.07, 6.45) is 13.8. The molecule has 0 aromatic heterocycles. The van der Waals surface area contributed by atoms with Gasteiger partial charge in [-0.25, -0.2) is 4.40 Å². The van der Waals surface area contributed by atoms with Crippen LogP contribution in [0.4, 0.5) is 0 Å². The van der Waals surface area contributed by atoms with Crippen molar-refractivity contribution < 1.29 is 9.53 Å². The molecule has 1 unspecified atom stereocenters. The molecular weight excluding hydrogens is 334 g/mol. The van der Waals surface area contributed by atoms with Gasteiger partial charge in [-0.05, 0) is 13.3 Å². The Morgan fingerprint density at radius 2 is 1.72 bits per heavy atom. The van der Waals surface area contributed by atoms with E-state index >= 15 is 0 Å². The maximum atomic E-state index is 10.3. The van der Waals surface area contributed by atoms with Gasteiger partial charge in [0.05, 0.1) is 6.07 Å². The monoisotopic (exact) mass is 369 g/mol. The molecule has 1 rings (SSSR count). The van der Waals surface area contributed by atoms with E-state index < -0.39 is 0 Å². The van der Waals surface area contributed by atoms with Crippen LogP contribution in [-0.4, -0.2) is 18.6 Å². The molecule has 1 aliphatic carbocycles. The van der Waals surface area contributed by atoms with Crippen molar-refractivity contribution >= 4 is 30.7 Å². The molecule has 1 saturated carbocycles. The molecular formula is C19H35N3O2S. The number of unbranched alkanes of at least 4 members (excludes halogenated alkanes) is 2. The summed E-state index contributed by atoms with van der Waals surface area (Å²) in [6.45, 7) is 10.2. The predicted molar refractivity (Wildman–Crippen MR) is 109 cm³/mol. The van der Waals surface area contributed by atoms with Crippen LogP contribution < -0.4 is 0 Å². The second-order valence-electron chi connectivity index (χ2n) is 6.06. The number of nitriles is 1. The van der Waals surface area contributed by atoms with Crippen molar-refractivity contribution in [3.05, 3.63) is 0 Å². The summed E-state index contributed by atoms with van der Waals surface area (Å²) in [5.74, 6) is 0.160. The summed E-state index contributed by atoms with van der Waals surface area (Å²) in [7, 11) is 0. The highest BCUT2D eigenvalue weighted by molar-refractivity contribution is 7.96. The molecule has 0 saturated heterocycles. The van der Waals surface area contributed by atoms with Gasteiger partial charge in [0.25, 0.3) is 0 Å². The van der Waals surface area contributed by atoms with Gasteiger partial charge in [-0.2, -0.15) is 9.66 Å². The Bertz CT molecular complexity index is 390. The molecule has 144 valence electrons. The second kappa shape index (κ2) is 20.7. The molecule has 25 heavy (non-hydrogen) atoms. The fourth-order valence-electron chi connectivity index (χ4n) is 2.14. The number of carbonyl (C=O) groups is 1. The first kappa shape index (κ1) is 25.9. The first-order valence-corrected chi connectivity index (χ1v) is 9.95. The number of carbonyl (C=O) groups excluding carboxylic acids is 1. The first-order valence-electron chi connectivity index (χ1n) is 9.22. The molecule has 0 bridgehead atoms. The predicted octanol–water partition coefficient (Wildman–Crippen LogP) is 6.30. The third-order valence-electron chi connectivity index (χ3n) is 3.48. The first-order chi connectivity index (χ1) is 12.0. The molecule has 0 aromatic rings. The summed E-state index contributed by atoms with van der Waals surface area (Å²) in [6, 6.07) is 2.22. The van der Waals surface area contributed by atoms with E-state index in [0.717, 1.165) is 18.6 Å². The van der Waals surface area contributed by atoms with Gasteiger partial charge in [-0.15, -0.1) is 0 Å². The van der Waals surface area contributed by atoms with Crippen LogP contribution in [0.15, 0.2) is 8.80 Å². The van der Waals surface area contributed by atoms with Gasteiger partial charge < -0.3 is 4.74 Å². The standard InChI is InChI=1S/C8H15N.C6H12.C5H8N2O2S/c1-3-4-5-6-8(2)7-9;1-2-4-6-5-3-1;1-4(7-10-6-3)9-5(2)8/h8H,3-6H2,1-2H3;1-6H2;3H2,1-2H3/b;;7-4-. The Morgan fingerprint density at radius 3 is 2.08 bits per heavy atom. The van der Waals surface area contributed by atoms with Gasteiger partial charge in [-0.1, -0.05) is 64.7 Å². The lowest BCUT2D eigenvalue weighted by Gasteiger charge is -2.05. The van der Waals surface area contributed by atoms with Crippen molar-refractivity contribution in [2.45, 2.75) is 91.9 Å². The Morgan fingerprint density at radius 1 is 1.20 bits per heavy atom. The van der Waals surface area contributed by atoms with Crippen molar-refractivity contribution in [3.8, 4) is 6.07 Å². The molecule has 0 N–H and O–H groups in total. The van der Waals surface area contributed by atoms with E-state index in [1.807, 2.05) is 6.92 Å². The van der Waals surface area contributed by atoms with Crippen LogP contribution in [0.25, 0.3) is 0 Å². The maximum absolute atomic E-state index is 10.3. The Hall–Kier alpha value is -1.35. The quantitative estimate of drug-likeness (QED) is 0.181. The smallest absolute Gasteiger partial charge is 0.309 e. The summed E-state index contributed by atoms with van der Waals surface area (Å²) in [5.41, 5.74) is 0. The minimum atomic E-state index is -0.383.